The number of rotatable bonds is 1. The Morgan fingerprint density at radius 1 is 1.38 bits per heavy atom. The minimum absolute atomic E-state index is 0.394. The standard InChI is InChI=1S/C10H14N2O/c11-7-10(12)5-6-13-9-4-2-1-3-8(9)10/h1-4H,5-7,11-12H2. The molecule has 70 valence electrons. The summed E-state index contributed by atoms with van der Waals surface area (Å²) >= 11 is 0. The van der Waals surface area contributed by atoms with E-state index in [2.05, 4.69) is 0 Å². The third-order valence-electron chi connectivity index (χ3n) is 2.59. The quantitative estimate of drug-likeness (QED) is 0.661. The molecule has 1 heterocycles. The van der Waals surface area contributed by atoms with Crippen molar-refractivity contribution in [1.29, 1.82) is 0 Å². The largest absolute Gasteiger partial charge is 0.493 e. The van der Waals surface area contributed by atoms with Crippen LogP contribution in [0.5, 0.6) is 5.75 Å². The number of nitrogens with two attached hydrogens (primary N) is 2. The van der Waals surface area contributed by atoms with Gasteiger partial charge in [0.25, 0.3) is 0 Å². The van der Waals surface area contributed by atoms with Gasteiger partial charge in [0.05, 0.1) is 12.1 Å². The van der Waals surface area contributed by atoms with E-state index in [1.165, 1.54) is 0 Å². The summed E-state index contributed by atoms with van der Waals surface area (Å²) in [7, 11) is 0. The van der Waals surface area contributed by atoms with Crippen molar-refractivity contribution in [3.05, 3.63) is 29.8 Å². The van der Waals surface area contributed by atoms with Gasteiger partial charge in [0.15, 0.2) is 0 Å². The van der Waals surface area contributed by atoms with Crippen LogP contribution in [0.4, 0.5) is 0 Å². The normalized spacial score (nSPS) is 26.3. The molecule has 0 spiro atoms. The van der Waals surface area contributed by atoms with Gasteiger partial charge >= 0.3 is 0 Å². The zero-order valence-corrected chi connectivity index (χ0v) is 7.49. The minimum atomic E-state index is -0.394. The highest BCUT2D eigenvalue weighted by molar-refractivity contribution is 5.40. The molecule has 0 saturated heterocycles. The molecule has 0 aromatic heterocycles. The Kier molecular flexibility index (Phi) is 1.98. The van der Waals surface area contributed by atoms with Gasteiger partial charge in [0, 0.05) is 18.5 Å². The van der Waals surface area contributed by atoms with Crippen LogP contribution >= 0.6 is 0 Å². The maximum absolute atomic E-state index is 6.16. The summed E-state index contributed by atoms with van der Waals surface area (Å²) in [5.74, 6) is 0.877. The van der Waals surface area contributed by atoms with Gasteiger partial charge in [-0.2, -0.15) is 0 Å². The highest BCUT2D eigenvalue weighted by Gasteiger charge is 2.31. The number of benzene rings is 1. The van der Waals surface area contributed by atoms with Gasteiger partial charge in [-0.1, -0.05) is 18.2 Å². The van der Waals surface area contributed by atoms with Gasteiger partial charge in [0.2, 0.25) is 0 Å². The van der Waals surface area contributed by atoms with Crippen molar-refractivity contribution in [3.63, 3.8) is 0 Å². The smallest absolute Gasteiger partial charge is 0.124 e. The van der Waals surface area contributed by atoms with Crippen molar-refractivity contribution >= 4 is 0 Å². The van der Waals surface area contributed by atoms with E-state index in [0.29, 0.717) is 13.2 Å². The molecule has 1 unspecified atom stereocenters. The summed E-state index contributed by atoms with van der Waals surface area (Å²) < 4.78 is 5.49. The molecule has 2 rings (SSSR count). The fraction of sp³-hybridized carbons (Fsp3) is 0.400. The number of hydrogen-bond acceptors (Lipinski definition) is 3. The summed E-state index contributed by atoms with van der Waals surface area (Å²) in [6, 6.07) is 7.83. The van der Waals surface area contributed by atoms with Gasteiger partial charge < -0.3 is 16.2 Å². The van der Waals surface area contributed by atoms with E-state index in [0.717, 1.165) is 17.7 Å². The maximum Gasteiger partial charge on any atom is 0.124 e. The van der Waals surface area contributed by atoms with Crippen LogP contribution in [-0.4, -0.2) is 13.2 Å². The van der Waals surface area contributed by atoms with Crippen molar-refractivity contribution in [1.82, 2.24) is 0 Å². The monoisotopic (exact) mass is 178 g/mol. The Morgan fingerprint density at radius 3 is 2.92 bits per heavy atom. The van der Waals surface area contributed by atoms with E-state index >= 15 is 0 Å². The Balaban J connectivity index is 2.48. The second kappa shape index (κ2) is 3.01. The van der Waals surface area contributed by atoms with Crippen molar-refractivity contribution in [2.75, 3.05) is 13.2 Å². The van der Waals surface area contributed by atoms with E-state index in [-0.39, 0.29) is 0 Å². The zero-order valence-electron chi connectivity index (χ0n) is 7.49. The highest BCUT2D eigenvalue weighted by atomic mass is 16.5. The van der Waals surface area contributed by atoms with Crippen molar-refractivity contribution < 1.29 is 4.74 Å². The Hall–Kier alpha value is -1.06. The number of para-hydroxylation sites is 1. The van der Waals surface area contributed by atoms with Crippen LogP contribution in [-0.2, 0) is 5.54 Å². The predicted octanol–water partition coefficient (Wildman–Crippen LogP) is 0.582. The van der Waals surface area contributed by atoms with Gasteiger partial charge in [-0.25, -0.2) is 0 Å². The summed E-state index contributed by atoms with van der Waals surface area (Å²) in [5, 5.41) is 0. The maximum atomic E-state index is 6.16. The van der Waals surface area contributed by atoms with Crippen LogP contribution in [0.2, 0.25) is 0 Å². The fourth-order valence-electron chi connectivity index (χ4n) is 1.69. The molecule has 1 aromatic rings. The van der Waals surface area contributed by atoms with E-state index in [9.17, 15) is 0 Å². The van der Waals surface area contributed by atoms with Gasteiger partial charge in [-0.05, 0) is 6.07 Å². The molecular weight excluding hydrogens is 164 g/mol. The summed E-state index contributed by atoms with van der Waals surface area (Å²) in [6.45, 7) is 1.12. The average molecular weight is 178 g/mol. The molecule has 3 heteroatoms. The molecule has 1 aromatic carbocycles. The molecular formula is C10H14N2O. The van der Waals surface area contributed by atoms with Gasteiger partial charge in [-0.3, -0.25) is 0 Å². The molecule has 1 aliphatic heterocycles. The van der Waals surface area contributed by atoms with Crippen molar-refractivity contribution in [3.8, 4) is 5.75 Å². The second-order valence-corrected chi connectivity index (χ2v) is 3.45. The zero-order chi connectivity index (χ0) is 9.31. The fourth-order valence-corrected chi connectivity index (χ4v) is 1.69. The molecule has 1 aliphatic rings. The topological polar surface area (TPSA) is 61.3 Å². The first-order valence-electron chi connectivity index (χ1n) is 4.47. The lowest BCUT2D eigenvalue weighted by Crippen LogP contribution is -2.47. The molecule has 4 N–H and O–H groups in total. The van der Waals surface area contributed by atoms with E-state index in [1.807, 2.05) is 24.3 Å². The molecule has 0 aliphatic carbocycles. The third kappa shape index (κ3) is 1.30. The first kappa shape index (κ1) is 8.53. The summed E-state index contributed by atoms with van der Waals surface area (Å²) in [5.41, 5.74) is 12.5. The number of hydrogen-bond donors (Lipinski definition) is 2. The predicted molar refractivity (Wildman–Crippen MR) is 51.5 cm³/mol. The molecule has 3 nitrogen and oxygen atoms in total. The molecule has 0 radical (unpaired) electrons. The van der Waals surface area contributed by atoms with Crippen molar-refractivity contribution in [2.45, 2.75) is 12.0 Å². The van der Waals surface area contributed by atoms with E-state index in [4.69, 9.17) is 16.2 Å². The highest BCUT2D eigenvalue weighted by Crippen LogP contribution is 2.33. The average Bonchev–Trinajstić information content (AvgIpc) is 2.19. The van der Waals surface area contributed by atoms with Crippen LogP contribution in [0.25, 0.3) is 0 Å². The van der Waals surface area contributed by atoms with E-state index in [1.54, 1.807) is 0 Å². The molecule has 13 heavy (non-hydrogen) atoms. The molecule has 0 fully saturated rings. The third-order valence-corrected chi connectivity index (χ3v) is 2.59. The van der Waals surface area contributed by atoms with Crippen molar-refractivity contribution in [2.24, 2.45) is 11.5 Å². The molecule has 0 amide bonds. The van der Waals surface area contributed by atoms with Crippen LogP contribution in [0.1, 0.15) is 12.0 Å². The Morgan fingerprint density at radius 2 is 2.15 bits per heavy atom. The molecule has 1 atom stereocenters. The summed E-state index contributed by atoms with van der Waals surface area (Å²) in [6.07, 6.45) is 0.792. The van der Waals surface area contributed by atoms with Crippen LogP contribution < -0.4 is 16.2 Å². The lowest BCUT2D eigenvalue weighted by molar-refractivity contribution is 0.220. The Bertz CT molecular complexity index is 314. The molecule has 0 bridgehead atoms. The number of ether oxygens (including phenoxy) is 1. The van der Waals surface area contributed by atoms with Crippen LogP contribution in [0, 0.1) is 0 Å². The lowest BCUT2D eigenvalue weighted by Gasteiger charge is -2.34. The Labute approximate surface area is 77.7 Å². The number of fused-ring (bicyclic) bond motifs is 1. The van der Waals surface area contributed by atoms with Gasteiger partial charge in [-0.15, -0.1) is 0 Å². The van der Waals surface area contributed by atoms with Crippen LogP contribution in [0.15, 0.2) is 24.3 Å². The first-order valence-corrected chi connectivity index (χ1v) is 4.47. The summed E-state index contributed by atoms with van der Waals surface area (Å²) in [4.78, 5) is 0. The minimum Gasteiger partial charge on any atom is -0.493 e. The molecule has 0 saturated carbocycles. The lowest BCUT2D eigenvalue weighted by atomic mass is 9.86. The first-order chi connectivity index (χ1) is 6.26. The van der Waals surface area contributed by atoms with Crippen LogP contribution in [0.3, 0.4) is 0 Å². The second-order valence-electron chi connectivity index (χ2n) is 3.45. The SMILES string of the molecule is NCC1(N)CCOc2ccccc21. The van der Waals surface area contributed by atoms with E-state index < -0.39 is 5.54 Å². The van der Waals surface area contributed by atoms with Gasteiger partial charge in [0.1, 0.15) is 5.75 Å².